The highest BCUT2D eigenvalue weighted by Crippen LogP contribution is 2.41. The summed E-state index contributed by atoms with van der Waals surface area (Å²) in [5.41, 5.74) is 3.43. The van der Waals surface area contributed by atoms with Crippen LogP contribution in [-0.2, 0) is 13.0 Å². The van der Waals surface area contributed by atoms with E-state index in [1.807, 2.05) is 29.2 Å². The van der Waals surface area contributed by atoms with Gasteiger partial charge >= 0.3 is 5.97 Å². The van der Waals surface area contributed by atoms with E-state index in [9.17, 15) is 15.0 Å². The molecular weight excluding hydrogens is 398 g/mol. The summed E-state index contributed by atoms with van der Waals surface area (Å²) in [7, 11) is 1.61. The highest BCUT2D eigenvalue weighted by atomic mass is 16.5. The highest BCUT2D eigenvalue weighted by Gasteiger charge is 2.31. The summed E-state index contributed by atoms with van der Waals surface area (Å²) in [6.45, 7) is 1.01. The summed E-state index contributed by atoms with van der Waals surface area (Å²) in [5.74, 6) is -0.148. The van der Waals surface area contributed by atoms with Crippen molar-refractivity contribution in [2.45, 2.75) is 13.0 Å². The lowest BCUT2D eigenvalue weighted by Crippen LogP contribution is -2.31. The smallest absolute Gasteiger partial charge is 0.345 e. The number of hydrogen-bond donors (Lipinski definition) is 2. The third kappa shape index (κ3) is 3.22. The molecule has 0 bridgehead atoms. The first-order valence-corrected chi connectivity index (χ1v) is 9.76. The van der Waals surface area contributed by atoms with Crippen molar-refractivity contribution in [3.63, 3.8) is 0 Å². The molecule has 2 aliphatic rings. The molecule has 0 spiro atoms. The zero-order valence-electron chi connectivity index (χ0n) is 16.7. The molecule has 156 valence electrons. The van der Waals surface area contributed by atoms with Gasteiger partial charge in [-0.2, -0.15) is 0 Å². The van der Waals surface area contributed by atoms with Crippen LogP contribution in [0.1, 0.15) is 32.8 Å². The number of nitrogens with zero attached hydrogens (tertiary/aromatic N) is 3. The van der Waals surface area contributed by atoms with E-state index in [2.05, 4.69) is 9.98 Å². The second kappa shape index (κ2) is 7.32. The Hall–Kier alpha value is -4.07. The van der Waals surface area contributed by atoms with Gasteiger partial charge in [0.2, 0.25) is 5.88 Å². The van der Waals surface area contributed by atoms with Gasteiger partial charge < -0.3 is 24.3 Å². The lowest BCUT2D eigenvalue weighted by Gasteiger charge is -2.29. The van der Waals surface area contributed by atoms with E-state index in [0.717, 1.165) is 23.3 Å². The van der Waals surface area contributed by atoms with Crippen molar-refractivity contribution in [3.05, 3.63) is 64.5 Å². The van der Waals surface area contributed by atoms with Crippen molar-refractivity contribution >= 4 is 35.5 Å². The number of anilines is 1. The van der Waals surface area contributed by atoms with Crippen LogP contribution >= 0.6 is 0 Å². The molecule has 0 radical (unpaired) electrons. The molecule has 0 aliphatic carbocycles. The molecule has 2 N–H and O–H groups in total. The molecule has 8 nitrogen and oxygen atoms in total. The second-order valence-corrected chi connectivity index (χ2v) is 7.34. The predicted molar refractivity (Wildman–Crippen MR) is 115 cm³/mol. The number of ether oxygens (including phenoxy) is 1. The quantitative estimate of drug-likeness (QED) is 0.663. The Kier molecular flexibility index (Phi) is 4.47. The fourth-order valence-corrected chi connectivity index (χ4v) is 3.96. The SMILES string of the molecule is COc1ccc2c(c1)CN(c1oc(C=C3C=Nc4ncccc43)c(O)c1C(=O)O)CC2. The molecule has 0 saturated carbocycles. The Morgan fingerprint density at radius 3 is 2.97 bits per heavy atom. The maximum Gasteiger partial charge on any atom is 0.345 e. The third-order valence-corrected chi connectivity index (χ3v) is 5.53. The van der Waals surface area contributed by atoms with E-state index in [1.54, 1.807) is 31.7 Å². The number of aromatic carboxylic acids is 1. The minimum Gasteiger partial charge on any atom is -0.504 e. The summed E-state index contributed by atoms with van der Waals surface area (Å²) >= 11 is 0. The zero-order chi connectivity index (χ0) is 21.5. The lowest BCUT2D eigenvalue weighted by molar-refractivity contribution is 0.0694. The lowest BCUT2D eigenvalue weighted by atomic mass is 9.99. The summed E-state index contributed by atoms with van der Waals surface area (Å²) in [5, 5.41) is 20.4. The molecule has 0 atom stereocenters. The molecular formula is C23H19N3O5. The van der Waals surface area contributed by atoms with Crippen molar-refractivity contribution in [2.75, 3.05) is 18.6 Å². The third-order valence-electron chi connectivity index (χ3n) is 5.53. The van der Waals surface area contributed by atoms with Gasteiger partial charge in [0.15, 0.2) is 22.9 Å². The summed E-state index contributed by atoms with van der Waals surface area (Å²) in [6.07, 6.45) is 5.57. The first kappa shape index (κ1) is 18.9. The molecule has 5 rings (SSSR count). The van der Waals surface area contributed by atoms with Crippen LogP contribution in [0.3, 0.4) is 0 Å². The number of aliphatic imine (C=N–C) groups is 1. The number of carbonyl (C=O) groups is 1. The Morgan fingerprint density at radius 2 is 2.16 bits per heavy atom. The van der Waals surface area contributed by atoms with Crippen LogP contribution < -0.4 is 9.64 Å². The largest absolute Gasteiger partial charge is 0.504 e. The van der Waals surface area contributed by atoms with Crippen LogP contribution in [0.4, 0.5) is 11.7 Å². The first-order chi connectivity index (χ1) is 15.0. The van der Waals surface area contributed by atoms with Crippen molar-refractivity contribution in [1.29, 1.82) is 0 Å². The van der Waals surface area contributed by atoms with E-state index in [-0.39, 0.29) is 17.2 Å². The standard InChI is InChI=1S/C23H19N3O5/c1-30-16-5-4-13-6-8-26(12-15(13)9-16)22-19(23(28)29)20(27)18(31-22)10-14-11-25-21-17(14)3-2-7-24-21/h2-5,7,9-11,27H,6,8,12H2,1H3,(H,28,29). The number of fused-ring (bicyclic) bond motifs is 2. The summed E-state index contributed by atoms with van der Waals surface area (Å²) in [6, 6.07) is 9.51. The van der Waals surface area contributed by atoms with E-state index < -0.39 is 11.7 Å². The number of hydrogen-bond acceptors (Lipinski definition) is 7. The van der Waals surface area contributed by atoms with Crippen molar-refractivity contribution in [3.8, 4) is 11.5 Å². The van der Waals surface area contributed by atoms with Crippen LogP contribution in [0.5, 0.6) is 11.5 Å². The number of methoxy groups -OCH3 is 1. The molecule has 3 aromatic rings. The second-order valence-electron chi connectivity index (χ2n) is 7.34. The first-order valence-electron chi connectivity index (χ1n) is 9.76. The molecule has 1 aromatic carbocycles. The van der Waals surface area contributed by atoms with Gasteiger partial charge in [0, 0.05) is 36.6 Å². The number of aromatic hydroxyl groups is 1. The molecule has 2 aliphatic heterocycles. The summed E-state index contributed by atoms with van der Waals surface area (Å²) < 4.78 is 11.2. The number of rotatable bonds is 4. The van der Waals surface area contributed by atoms with Crippen LogP contribution in [-0.4, -0.2) is 41.0 Å². The fraction of sp³-hybridized carbons (Fsp3) is 0.174. The van der Waals surface area contributed by atoms with Gasteiger partial charge in [0.1, 0.15) is 5.75 Å². The highest BCUT2D eigenvalue weighted by molar-refractivity contribution is 6.21. The van der Waals surface area contributed by atoms with Gasteiger partial charge in [-0.1, -0.05) is 6.07 Å². The molecule has 31 heavy (non-hydrogen) atoms. The Morgan fingerprint density at radius 1 is 1.29 bits per heavy atom. The fourth-order valence-electron chi connectivity index (χ4n) is 3.96. The van der Waals surface area contributed by atoms with Gasteiger partial charge in [-0.25, -0.2) is 14.8 Å². The molecule has 8 heteroatoms. The number of aromatic nitrogens is 1. The van der Waals surface area contributed by atoms with Gasteiger partial charge in [0.25, 0.3) is 0 Å². The number of benzene rings is 1. The van der Waals surface area contributed by atoms with Gasteiger partial charge in [0.05, 0.1) is 7.11 Å². The molecule has 0 saturated heterocycles. The normalized spacial score (nSPS) is 15.8. The molecule has 2 aromatic heterocycles. The van der Waals surface area contributed by atoms with Crippen molar-refractivity contribution in [2.24, 2.45) is 4.99 Å². The van der Waals surface area contributed by atoms with Gasteiger partial charge in [-0.05, 0) is 47.9 Å². The van der Waals surface area contributed by atoms with Gasteiger partial charge in [-0.3, -0.25) is 0 Å². The van der Waals surface area contributed by atoms with Gasteiger partial charge in [-0.15, -0.1) is 0 Å². The van der Waals surface area contributed by atoms with E-state index >= 15 is 0 Å². The molecule has 0 unspecified atom stereocenters. The Balaban J connectivity index is 1.54. The van der Waals surface area contributed by atoms with E-state index in [0.29, 0.717) is 24.5 Å². The van der Waals surface area contributed by atoms with Crippen LogP contribution in [0.2, 0.25) is 0 Å². The average Bonchev–Trinajstić information content (AvgIpc) is 3.34. The summed E-state index contributed by atoms with van der Waals surface area (Å²) in [4.78, 5) is 22.2. The monoisotopic (exact) mass is 417 g/mol. The number of allylic oxidation sites excluding steroid dienone is 1. The minimum atomic E-state index is -1.25. The molecule has 4 heterocycles. The maximum absolute atomic E-state index is 12.0. The number of carboxylic acids is 1. The zero-order valence-corrected chi connectivity index (χ0v) is 16.7. The van der Waals surface area contributed by atoms with E-state index in [1.165, 1.54) is 5.56 Å². The Labute approximate surface area is 177 Å². The minimum absolute atomic E-state index is 0.0713. The number of carboxylic acid groups (broad SMARTS) is 1. The van der Waals surface area contributed by atoms with E-state index in [4.69, 9.17) is 9.15 Å². The van der Waals surface area contributed by atoms with Crippen molar-refractivity contribution < 1.29 is 24.2 Å². The number of pyridine rings is 1. The maximum atomic E-state index is 12.0. The predicted octanol–water partition coefficient (Wildman–Crippen LogP) is 3.91. The van der Waals surface area contributed by atoms with Crippen LogP contribution in [0.15, 0.2) is 45.9 Å². The molecule has 0 amide bonds. The van der Waals surface area contributed by atoms with Crippen LogP contribution in [0, 0.1) is 0 Å². The number of furan rings is 1. The Bertz CT molecular complexity index is 1260. The van der Waals surface area contributed by atoms with Crippen molar-refractivity contribution in [1.82, 2.24) is 4.98 Å². The topological polar surface area (TPSA) is 108 Å². The van der Waals surface area contributed by atoms with Crippen LogP contribution in [0.25, 0.3) is 11.6 Å². The average molecular weight is 417 g/mol. The molecule has 0 fully saturated rings.